The number of unbranched alkanes of at least 4 members (excludes halogenated alkanes) is 1. The van der Waals surface area contributed by atoms with E-state index in [1.54, 1.807) is 23.9 Å². The molecule has 1 aliphatic heterocycles. The Morgan fingerprint density at radius 1 is 1.16 bits per heavy atom. The lowest BCUT2D eigenvalue weighted by molar-refractivity contribution is -0.207. The lowest BCUT2D eigenvalue weighted by Gasteiger charge is -2.50. The van der Waals surface area contributed by atoms with Crippen LogP contribution < -0.4 is 0 Å². The number of piperidine rings is 1. The first-order chi connectivity index (χ1) is 11.8. The van der Waals surface area contributed by atoms with Crippen LogP contribution in [0.2, 0.25) is 0 Å². The summed E-state index contributed by atoms with van der Waals surface area (Å²) in [6.07, 6.45) is 4.47. The number of carbonyl (C=O) groups is 2. The molecule has 0 bridgehead atoms. The van der Waals surface area contributed by atoms with Crippen LogP contribution in [0.5, 0.6) is 0 Å². The van der Waals surface area contributed by atoms with Crippen molar-refractivity contribution in [2.75, 3.05) is 33.8 Å². The van der Waals surface area contributed by atoms with E-state index in [1.807, 2.05) is 0 Å². The van der Waals surface area contributed by atoms with Crippen LogP contribution in [0, 0.1) is 11.3 Å². The Bertz CT molecular complexity index is 470. The van der Waals surface area contributed by atoms with Crippen molar-refractivity contribution in [3.05, 3.63) is 0 Å². The molecule has 2 atom stereocenters. The topological polar surface area (TPSA) is 59.1 Å². The van der Waals surface area contributed by atoms with Crippen molar-refractivity contribution in [1.29, 1.82) is 0 Å². The first kappa shape index (κ1) is 20.0. The Hall–Kier alpha value is -1.30. The monoisotopic (exact) mass is 354 g/mol. The van der Waals surface area contributed by atoms with Crippen LogP contribution in [0.15, 0.2) is 0 Å². The number of urea groups is 1. The van der Waals surface area contributed by atoms with Crippen LogP contribution >= 0.6 is 0 Å². The zero-order valence-corrected chi connectivity index (χ0v) is 16.4. The standard InChI is InChI=1S/C19H34N2O4/c1-6-7-12-24-15-13-16(19(15,2)3)25-17(22)14-8-10-21(11-9-14)18(23)20(4)5/h14-16H,6-13H2,1-5H3. The zero-order chi connectivity index (χ0) is 18.6. The Balaban J connectivity index is 1.75. The Morgan fingerprint density at radius 3 is 2.32 bits per heavy atom. The maximum Gasteiger partial charge on any atom is 0.319 e. The van der Waals surface area contributed by atoms with Gasteiger partial charge in [-0.25, -0.2) is 4.79 Å². The van der Waals surface area contributed by atoms with Crippen LogP contribution in [0.1, 0.15) is 52.9 Å². The summed E-state index contributed by atoms with van der Waals surface area (Å²) in [5.41, 5.74) is -0.120. The van der Waals surface area contributed by atoms with Gasteiger partial charge in [-0.15, -0.1) is 0 Å². The van der Waals surface area contributed by atoms with E-state index in [1.165, 1.54) is 0 Å². The van der Waals surface area contributed by atoms with E-state index in [0.717, 1.165) is 25.9 Å². The summed E-state index contributed by atoms with van der Waals surface area (Å²) in [4.78, 5) is 27.8. The van der Waals surface area contributed by atoms with E-state index in [2.05, 4.69) is 20.8 Å². The van der Waals surface area contributed by atoms with Crippen molar-refractivity contribution < 1.29 is 19.1 Å². The molecule has 6 heteroatoms. The summed E-state index contributed by atoms with van der Waals surface area (Å²) in [7, 11) is 3.50. The predicted molar refractivity (Wildman–Crippen MR) is 96.3 cm³/mol. The van der Waals surface area contributed by atoms with Gasteiger partial charge in [-0.3, -0.25) is 4.79 Å². The van der Waals surface area contributed by atoms with Gasteiger partial charge in [0.25, 0.3) is 0 Å². The molecule has 1 heterocycles. The SMILES string of the molecule is CCCCOC1CC(OC(=O)C2CCN(C(=O)N(C)C)CC2)C1(C)C. The molecule has 25 heavy (non-hydrogen) atoms. The van der Waals surface area contributed by atoms with Crippen molar-refractivity contribution in [1.82, 2.24) is 9.80 Å². The Morgan fingerprint density at radius 2 is 1.80 bits per heavy atom. The highest BCUT2D eigenvalue weighted by atomic mass is 16.6. The van der Waals surface area contributed by atoms with Crippen LogP contribution in [0.4, 0.5) is 4.79 Å². The molecular formula is C19H34N2O4. The number of nitrogens with zero attached hydrogens (tertiary/aromatic N) is 2. The first-order valence-corrected chi connectivity index (χ1v) is 9.55. The van der Waals surface area contributed by atoms with Gasteiger partial charge in [-0.2, -0.15) is 0 Å². The number of rotatable bonds is 6. The fourth-order valence-electron chi connectivity index (χ4n) is 3.53. The average Bonchev–Trinajstić information content (AvgIpc) is 2.59. The van der Waals surface area contributed by atoms with Crippen LogP contribution in [0.3, 0.4) is 0 Å². The quantitative estimate of drug-likeness (QED) is 0.544. The van der Waals surface area contributed by atoms with Crippen molar-refractivity contribution >= 4 is 12.0 Å². The van der Waals surface area contributed by atoms with E-state index in [-0.39, 0.29) is 35.5 Å². The zero-order valence-electron chi connectivity index (χ0n) is 16.4. The number of esters is 1. The number of amides is 2. The number of hydrogen-bond donors (Lipinski definition) is 0. The Kier molecular flexibility index (Phi) is 6.72. The van der Waals surface area contributed by atoms with E-state index in [9.17, 15) is 9.59 Å². The van der Waals surface area contributed by atoms with Gasteiger partial charge >= 0.3 is 12.0 Å². The number of carbonyl (C=O) groups excluding carboxylic acids is 2. The third kappa shape index (κ3) is 4.66. The van der Waals surface area contributed by atoms with Crippen LogP contribution in [-0.2, 0) is 14.3 Å². The average molecular weight is 354 g/mol. The second kappa shape index (κ2) is 8.39. The molecule has 0 aromatic heterocycles. The lowest BCUT2D eigenvalue weighted by Crippen LogP contribution is -2.57. The van der Waals surface area contributed by atoms with Gasteiger partial charge in [0.2, 0.25) is 0 Å². The molecule has 0 radical (unpaired) electrons. The second-order valence-corrected chi connectivity index (χ2v) is 8.13. The molecule has 0 N–H and O–H groups in total. The van der Waals surface area contributed by atoms with Crippen molar-refractivity contribution in [3.63, 3.8) is 0 Å². The highest BCUT2D eigenvalue weighted by Gasteiger charge is 2.52. The third-order valence-corrected chi connectivity index (χ3v) is 5.64. The fourth-order valence-corrected chi connectivity index (χ4v) is 3.53. The van der Waals surface area contributed by atoms with E-state index in [0.29, 0.717) is 25.9 Å². The molecule has 6 nitrogen and oxygen atoms in total. The lowest BCUT2D eigenvalue weighted by atomic mass is 9.66. The molecule has 0 aromatic rings. The second-order valence-electron chi connectivity index (χ2n) is 8.13. The maximum atomic E-state index is 12.5. The van der Waals surface area contributed by atoms with Gasteiger partial charge in [0.15, 0.2) is 0 Å². The van der Waals surface area contributed by atoms with Crippen molar-refractivity contribution in [2.45, 2.75) is 65.1 Å². The molecule has 2 amide bonds. The van der Waals surface area contributed by atoms with Gasteiger partial charge < -0.3 is 19.3 Å². The third-order valence-electron chi connectivity index (χ3n) is 5.64. The van der Waals surface area contributed by atoms with Gasteiger partial charge in [0, 0.05) is 45.6 Å². The molecule has 0 aromatic carbocycles. The minimum absolute atomic E-state index is 0.0130. The van der Waals surface area contributed by atoms with Crippen molar-refractivity contribution in [3.8, 4) is 0 Å². The number of likely N-dealkylation sites (tertiary alicyclic amines) is 1. The fraction of sp³-hybridized carbons (Fsp3) is 0.895. The van der Waals surface area contributed by atoms with Gasteiger partial charge in [0.05, 0.1) is 12.0 Å². The molecule has 2 unspecified atom stereocenters. The molecule has 2 rings (SSSR count). The first-order valence-electron chi connectivity index (χ1n) is 9.55. The molecular weight excluding hydrogens is 320 g/mol. The van der Waals surface area contributed by atoms with Crippen molar-refractivity contribution in [2.24, 2.45) is 11.3 Å². The van der Waals surface area contributed by atoms with Crippen LogP contribution in [0.25, 0.3) is 0 Å². The summed E-state index contributed by atoms with van der Waals surface area (Å²) in [5, 5.41) is 0. The highest BCUT2D eigenvalue weighted by molar-refractivity contribution is 5.76. The van der Waals surface area contributed by atoms with E-state index < -0.39 is 0 Å². The molecule has 1 aliphatic carbocycles. The summed E-state index contributed by atoms with van der Waals surface area (Å²) >= 11 is 0. The molecule has 2 aliphatic rings. The Labute approximate surface area is 151 Å². The summed E-state index contributed by atoms with van der Waals surface area (Å²) in [5.74, 6) is -0.205. The number of hydrogen-bond acceptors (Lipinski definition) is 4. The predicted octanol–water partition coefficient (Wildman–Crippen LogP) is 2.91. The summed E-state index contributed by atoms with van der Waals surface area (Å²) < 4.78 is 11.7. The number of ether oxygens (including phenoxy) is 2. The largest absolute Gasteiger partial charge is 0.461 e. The maximum absolute atomic E-state index is 12.5. The molecule has 0 spiro atoms. The van der Waals surface area contributed by atoms with E-state index in [4.69, 9.17) is 9.47 Å². The normalized spacial score (nSPS) is 26.0. The van der Waals surface area contributed by atoms with Gasteiger partial charge in [-0.05, 0) is 19.3 Å². The molecule has 2 fully saturated rings. The summed E-state index contributed by atoms with van der Waals surface area (Å²) in [6.45, 7) is 8.40. The van der Waals surface area contributed by atoms with Gasteiger partial charge in [0.1, 0.15) is 6.10 Å². The highest BCUT2D eigenvalue weighted by Crippen LogP contribution is 2.45. The summed E-state index contributed by atoms with van der Waals surface area (Å²) in [6, 6.07) is 0.0130. The molecule has 144 valence electrons. The molecule has 1 saturated heterocycles. The molecule has 1 saturated carbocycles. The smallest absolute Gasteiger partial charge is 0.319 e. The van der Waals surface area contributed by atoms with E-state index >= 15 is 0 Å². The van der Waals surface area contributed by atoms with Gasteiger partial charge in [-0.1, -0.05) is 27.2 Å². The minimum atomic E-state index is -0.120. The minimum Gasteiger partial charge on any atom is -0.461 e. The van der Waals surface area contributed by atoms with Crippen LogP contribution in [-0.4, -0.2) is 67.8 Å².